The van der Waals surface area contributed by atoms with Crippen LogP contribution < -0.4 is 5.32 Å². The van der Waals surface area contributed by atoms with Crippen LogP contribution in [0.1, 0.15) is 127 Å². The maximum atomic E-state index is 13.6. The topological polar surface area (TPSA) is 12.0 Å². The number of hydrogen-bond donors (Lipinski definition) is 1. The third-order valence-corrected chi connectivity index (χ3v) is 10.3. The zero-order valence-corrected chi connectivity index (χ0v) is 25.9. The van der Waals surface area contributed by atoms with E-state index in [1.165, 1.54) is 24.0 Å². The van der Waals surface area contributed by atoms with Crippen molar-refractivity contribution in [3.8, 4) is 0 Å². The molecule has 42 heavy (non-hydrogen) atoms. The summed E-state index contributed by atoms with van der Waals surface area (Å²) in [6.45, 7) is 4.95. The van der Waals surface area contributed by atoms with Crippen molar-refractivity contribution in [2.75, 3.05) is 6.54 Å². The van der Waals surface area contributed by atoms with E-state index in [-0.39, 0.29) is 43.6 Å². The fraction of sp³-hybridized carbons (Fsp3) is 0.676. The van der Waals surface area contributed by atoms with Crippen LogP contribution in [0, 0.1) is 17.8 Å². The Bertz CT molecular complexity index is 943. The van der Waals surface area contributed by atoms with Gasteiger partial charge in [0.1, 0.15) is 0 Å². The Balaban J connectivity index is 0.000000182. The van der Waals surface area contributed by atoms with E-state index in [0.29, 0.717) is 30.6 Å². The Morgan fingerprint density at radius 2 is 1.07 bits per heavy atom. The lowest BCUT2D eigenvalue weighted by Gasteiger charge is -2.39. The number of nitrogens with one attached hydrogen (secondary N) is 1. The largest absolute Gasteiger partial charge is 0.314 e. The zero-order valence-electron chi connectivity index (χ0n) is 25.9. The molecule has 0 amide bonds. The first-order chi connectivity index (χ1) is 20.3. The molecule has 0 spiro atoms. The molecule has 0 aromatic heterocycles. The summed E-state index contributed by atoms with van der Waals surface area (Å²) in [7, 11) is 0. The molecule has 2 aromatic carbocycles. The van der Waals surface area contributed by atoms with E-state index in [2.05, 4.69) is 53.8 Å². The maximum absolute atomic E-state index is 13.6. The van der Waals surface area contributed by atoms with Crippen LogP contribution in [-0.4, -0.2) is 24.4 Å². The van der Waals surface area contributed by atoms with Gasteiger partial charge < -0.3 is 5.32 Å². The van der Waals surface area contributed by atoms with Gasteiger partial charge in [0, 0.05) is 31.7 Å². The van der Waals surface area contributed by atoms with Crippen LogP contribution in [-0.2, 0) is 0 Å². The van der Waals surface area contributed by atoms with E-state index in [1.54, 1.807) is 0 Å². The highest BCUT2D eigenvalue weighted by Gasteiger charge is 2.41. The summed E-state index contributed by atoms with van der Waals surface area (Å²) >= 11 is 0. The second kappa shape index (κ2) is 15.7. The van der Waals surface area contributed by atoms with E-state index >= 15 is 0 Å². The minimum absolute atomic E-state index is 0.0756. The smallest absolute Gasteiger partial charge is 0.248 e. The molecule has 1 saturated heterocycles. The van der Waals surface area contributed by atoms with Gasteiger partial charge in [-0.25, -0.2) is 17.6 Å². The maximum Gasteiger partial charge on any atom is 0.248 e. The molecule has 0 bridgehead atoms. The van der Waals surface area contributed by atoms with Crippen molar-refractivity contribution in [2.45, 2.75) is 133 Å². The van der Waals surface area contributed by atoms with Crippen molar-refractivity contribution in [3.63, 3.8) is 0 Å². The third kappa shape index (κ3) is 9.56. The first-order valence-electron chi connectivity index (χ1n) is 16.9. The average Bonchev–Trinajstić information content (AvgIpc) is 3.02. The molecule has 6 atom stereocenters. The van der Waals surface area contributed by atoms with Gasteiger partial charge in [-0.15, -0.1) is 0 Å². The molecule has 1 heterocycles. The molecular weight excluding hydrogens is 534 g/mol. The van der Waals surface area contributed by atoms with E-state index in [1.807, 2.05) is 26.0 Å². The van der Waals surface area contributed by atoms with Crippen LogP contribution in [0.15, 0.2) is 60.7 Å². The minimum atomic E-state index is -2.44. The van der Waals surface area contributed by atoms with E-state index in [9.17, 15) is 17.6 Å². The second-order valence-electron chi connectivity index (χ2n) is 13.2. The molecule has 1 aliphatic heterocycles. The fourth-order valence-corrected chi connectivity index (χ4v) is 8.19. The fourth-order valence-electron chi connectivity index (χ4n) is 8.19. The van der Waals surface area contributed by atoms with E-state index in [4.69, 9.17) is 0 Å². The van der Waals surface area contributed by atoms with Gasteiger partial charge in [-0.3, -0.25) is 0 Å². The van der Waals surface area contributed by atoms with Gasteiger partial charge in [0.2, 0.25) is 11.8 Å². The number of halogens is 4. The van der Waals surface area contributed by atoms with Crippen LogP contribution in [0.3, 0.4) is 0 Å². The summed E-state index contributed by atoms with van der Waals surface area (Å²) in [5.41, 5.74) is 2.77. The Hall–Kier alpha value is -1.88. The molecule has 4 aliphatic rings. The van der Waals surface area contributed by atoms with Gasteiger partial charge in [-0.05, 0) is 98.6 Å². The molecule has 1 unspecified atom stereocenters. The van der Waals surface area contributed by atoms with E-state index in [0.717, 1.165) is 45.1 Å². The highest BCUT2D eigenvalue weighted by molar-refractivity contribution is 5.21. The Labute approximate surface area is 252 Å². The lowest BCUT2D eigenvalue weighted by molar-refractivity contribution is -0.0653. The normalized spacial score (nSPS) is 32.3. The van der Waals surface area contributed by atoms with E-state index < -0.39 is 11.8 Å². The highest BCUT2D eigenvalue weighted by Crippen LogP contribution is 2.47. The molecule has 1 nitrogen and oxygen atoms in total. The van der Waals surface area contributed by atoms with Crippen LogP contribution in [0.5, 0.6) is 0 Å². The average molecular weight is 588 g/mol. The van der Waals surface area contributed by atoms with Crippen molar-refractivity contribution in [3.05, 3.63) is 71.8 Å². The summed E-state index contributed by atoms with van der Waals surface area (Å²) in [6.07, 6.45) is 10.6. The van der Waals surface area contributed by atoms with Crippen LogP contribution >= 0.6 is 0 Å². The Morgan fingerprint density at radius 3 is 1.64 bits per heavy atom. The Morgan fingerprint density at radius 1 is 0.571 bits per heavy atom. The SMILES string of the molecule is CC.FC1(F)CCC[C@@H]([C@@H]2CC(c3ccccc3)CCN2)C1.FC1(F)CCC[C@@H]([C@H]2CCC[C@@H](c3ccccc3)C2)C1. The zero-order chi connectivity index (χ0) is 30.0. The van der Waals surface area contributed by atoms with Crippen LogP contribution in [0.4, 0.5) is 17.6 Å². The highest BCUT2D eigenvalue weighted by atomic mass is 19.3. The van der Waals surface area contributed by atoms with Crippen LogP contribution in [0.25, 0.3) is 0 Å². The van der Waals surface area contributed by atoms with Gasteiger partial charge in [0.05, 0.1) is 0 Å². The molecule has 2 aromatic rings. The molecule has 6 rings (SSSR count). The summed E-state index contributed by atoms with van der Waals surface area (Å²) in [4.78, 5) is 0. The summed E-state index contributed by atoms with van der Waals surface area (Å²) in [6, 6.07) is 21.4. The molecule has 4 fully saturated rings. The number of piperidine rings is 1. The molecule has 0 radical (unpaired) electrons. The lowest BCUT2D eigenvalue weighted by atomic mass is 9.68. The monoisotopic (exact) mass is 587 g/mol. The number of alkyl halides is 4. The molecule has 234 valence electrons. The van der Waals surface area contributed by atoms with Crippen LogP contribution in [0.2, 0.25) is 0 Å². The number of benzene rings is 2. The summed E-state index contributed by atoms with van der Waals surface area (Å²) < 4.78 is 54.5. The summed E-state index contributed by atoms with van der Waals surface area (Å²) in [5.74, 6) is -2.81. The Kier molecular flexibility index (Phi) is 12.4. The van der Waals surface area contributed by atoms with Gasteiger partial charge in [0.25, 0.3) is 0 Å². The standard InChI is InChI=1S/C18H24F2.C17H23F2N.C2H6/c19-18(20)11-5-10-17(13-18)16-9-4-8-15(12-16)14-6-2-1-3-7-14;18-17(19)9-4-7-15(12-17)16-11-14(8-10-20-16)13-5-2-1-3-6-13;1-2/h1-3,6-7,15-17H,4-5,8-13H2;1-3,5-6,14-16,20H,4,7-12H2;1-2H3/t15-,16+,17-;14?,15-,16+;/m11./s1. The third-order valence-electron chi connectivity index (χ3n) is 10.3. The van der Waals surface area contributed by atoms with Crippen molar-refractivity contribution >= 4 is 0 Å². The molecular formula is C37H53F4N. The van der Waals surface area contributed by atoms with Crippen molar-refractivity contribution in [1.29, 1.82) is 0 Å². The number of hydrogen-bond acceptors (Lipinski definition) is 1. The van der Waals surface area contributed by atoms with Crippen molar-refractivity contribution in [2.24, 2.45) is 17.8 Å². The lowest BCUT2D eigenvalue weighted by Crippen LogP contribution is -2.45. The first kappa shape index (κ1) is 33.0. The van der Waals surface area contributed by atoms with Gasteiger partial charge in [-0.2, -0.15) is 0 Å². The van der Waals surface area contributed by atoms with Gasteiger partial charge >= 0.3 is 0 Å². The van der Waals surface area contributed by atoms with Gasteiger partial charge in [0.15, 0.2) is 0 Å². The molecule has 3 saturated carbocycles. The summed E-state index contributed by atoms with van der Waals surface area (Å²) in [5, 5.41) is 3.49. The molecule has 5 heteroatoms. The minimum Gasteiger partial charge on any atom is -0.314 e. The molecule has 1 N–H and O–H groups in total. The second-order valence-corrected chi connectivity index (χ2v) is 13.2. The van der Waals surface area contributed by atoms with Crippen molar-refractivity contribution in [1.82, 2.24) is 5.32 Å². The molecule has 3 aliphatic carbocycles. The van der Waals surface area contributed by atoms with Crippen molar-refractivity contribution < 1.29 is 17.6 Å². The first-order valence-corrected chi connectivity index (χ1v) is 16.9. The predicted octanol–water partition coefficient (Wildman–Crippen LogP) is 11.2. The van der Waals surface area contributed by atoms with Gasteiger partial charge in [-0.1, -0.05) is 87.4 Å². The predicted molar refractivity (Wildman–Crippen MR) is 167 cm³/mol. The number of rotatable bonds is 4. The quantitative estimate of drug-likeness (QED) is 0.351.